The van der Waals surface area contributed by atoms with E-state index in [0.717, 1.165) is 11.1 Å². The summed E-state index contributed by atoms with van der Waals surface area (Å²) < 4.78 is 11.8. The molecule has 2 amide bonds. The largest absolute Gasteiger partial charge is 0.497 e. The Hall–Kier alpha value is -3.88. The summed E-state index contributed by atoms with van der Waals surface area (Å²) in [4.78, 5) is 41.1. The van der Waals surface area contributed by atoms with Gasteiger partial charge in [-0.2, -0.15) is 9.78 Å². The highest BCUT2D eigenvalue weighted by Gasteiger charge is 2.26. The molecule has 184 valence electrons. The van der Waals surface area contributed by atoms with Crippen LogP contribution >= 0.6 is 0 Å². The van der Waals surface area contributed by atoms with E-state index in [4.69, 9.17) is 9.47 Å². The number of hydrogen-bond acceptors (Lipinski definition) is 6. The number of rotatable bonds is 6. The molecule has 2 heterocycles. The van der Waals surface area contributed by atoms with Gasteiger partial charge in [0, 0.05) is 24.5 Å². The van der Waals surface area contributed by atoms with Crippen molar-refractivity contribution >= 4 is 22.6 Å². The molecule has 0 spiro atoms. The molecule has 0 saturated carbocycles. The van der Waals surface area contributed by atoms with Crippen LogP contribution in [0.15, 0.2) is 47.3 Å². The van der Waals surface area contributed by atoms with E-state index in [9.17, 15) is 14.4 Å². The van der Waals surface area contributed by atoms with Crippen molar-refractivity contribution in [1.29, 1.82) is 0 Å². The lowest BCUT2D eigenvalue weighted by Gasteiger charge is -2.35. The van der Waals surface area contributed by atoms with Gasteiger partial charge < -0.3 is 19.7 Å². The van der Waals surface area contributed by atoms with Crippen LogP contribution in [0.4, 0.5) is 0 Å². The third-order valence-electron chi connectivity index (χ3n) is 6.26. The van der Waals surface area contributed by atoms with Gasteiger partial charge in [-0.1, -0.05) is 32.0 Å². The summed E-state index contributed by atoms with van der Waals surface area (Å²) in [5.41, 5.74) is 0.0182. The summed E-state index contributed by atoms with van der Waals surface area (Å²) in [5, 5.41) is 7.84. The fourth-order valence-electron chi connectivity index (χ4n) is 4.70. The van der Waals surface area contributed by atoms with E-state index in [0.29, 0.717) is 52.9 Å². The summed E-state index contributed by atoms with van der Waals surface area (Å²) in [7, 11) is 3.01. The first kappa shape index (κ1) is 24.3. The number of benzene rings is 2. The second-order valence-electron chi connectivity index (χ2n) is 9.08. The monoisotopic (exact) mass is 478 g/mol. The van der Waals surface area contributed by atoms with E-state index < -0.39 is 11.5 Å². The first-order chi connectivity index (χ1) is 16.8. The van der Waals surface area contributed by atoms with Crippen molar-refractivity contribution in [2.24, 2.45) is 11.8 Å². The predicted molar refractivity (Wildman–Crippen MR) is 132 cm³/mol. The molecule has 9 heteroatoms. The van der Waals surface area contributed by atoms with Crippen molar-refractivity contribution in [3.05, 3.63) is 58.5 Å². The number of carbonyl (C=O) groups is 2. The number of fused-ring (bicyclic) bond motifs is 1. The van der Waals surface area contributed by atoms with Gasteiger partial charge in [0.05, 0.1) is 26.2 Å². The van der Waals surface area contributed by atoms with Crippen molar-refractivity contribution in [1.82, 2.24) is 20.0 Å². The average molecular weight is 479 g/mol. The van der Waals surface area contributed by atoms with E-state index in [1.807, 2.05) is 0 Å². The molecule has 1 saturated heterocycles. The Morgan fingerprint density at radius 2 is 1.71 bits per heavy atom. The normalized spacial score (nSPS) is 17.8. The molecule has 2 atom stereocenters. The molecule has 1 aliphatic rings. The molecule has 4 rings (SSSR count). The zero-order chi connectivity index (χ0) is 25.1. The van der Waals surface area contributed by atoms with Crippen LogP contribution in [-0.2, 0) is 4.79 Å². The van der Waals surface area contributed by atoms with Crippen LogP contribution in [0.25, 0.3) is 16.5 Å². The van der Waals surface area contributed by atoms with Gasteiger partial charge in [-0.3, -0.25) is 14.4 Å². The Kier molecular flexibility index (Phi) is 7.04. The fraction of sp³-hybridized carbons (Fsp3) is 0.385. The topological polar surface area (TPSA) is 103 Å². The second kappa shape index (κ2) is 10.2. The van der Waals surface area contributed by atoms with E-state index >= 15 is 0 Å². The van der Waals surface area contributed by atoms with Crippen molar-refractivity contribution < 1.29 is 19.1 Å². The van der Waals surface area contributed by atoms with E-state index in [-0.39, 0.29) is 18.1 Å². The maximum absolute atomic E-state index is 13.3. The zero-order valence-corrected chi connectivity index (χ0v) is 20.4. The van der Waals surface area contributed by atoms with Gasteiger partial charge in [-0.15, -0.1) is 0 Å². The number of hydrogen-bond donors (Lipinski definition) is 1. The summed E-state index contributed by atoms with van der Waals surface area (Å²) in [6.07, 6.45) is 1.09. The average Bonchev–Trinajstić information content (AvgIpc) is 2.86. The first-order valence-electron chi connectivity index (χ1n) is 11.6. The number of piperidine rings is 1. The highest BCUT2D eigenvalue weighted by molar-refractivity contribution is 6.05. The van der Waals surface area contributed by atoms with Crippen LogP contribution in [0.5, 0.6) is 11.5 Å². The summed E-state index contributed by atoms with van der Waals surface area (Å²) in [6, 6.07) is 11.7. The molecule has 1 fully saturated rings. The Morgan fingerprint density at radius 3 is 2.37 bits per heavy atom. The van der Waals surface area contributed by atoms with Gasteiger partial charge in [0.15, 0.2) is 5.69 Å². The van der Waals surface area contributed by atoms with E-state index in [2.05, 4.69) is 24.3 Å². The van der Waals surface area contributed by atoms with Crippen LogP contribution in [-0.4, -0.2) is 60.3 Å². The van der Waals surface area contributed by atoms with Gasteiger partial charge in [0.1, 0.15) is 17.2 Å². The number of aromatic nitrogens is 2. The third-order valence-corrected chi connectivity index (χ3v) is 6.26. The quantitative estimate of drug-likeness (QED) is 0.584. The molecule has 3 aromatic rings. The Balaban J connectivity index is 1.68. The molecule has 35 heavy (non-hydrogen) atoms. The number of carbonyl (C=O) groups excluding carboxylic acids is 2. The molecule has 9 nitrogen and oxygen atoms in total. The summed E-state index contributed by atoms with van der Waals surface area (Å²) in [5.74, 6) is 1.10. The maximum atomic E-state index is 13.3. The Labute approximate surface area is 203 Å². The molecule has 0 aliphatic carbocycles. The van der Waals surface area contributed by atoms with Gasteiger partial charge in [-0.05, 0) is 36.5 Å². The lowest BCUT2D eigenvalue weighted by atomic mass is 9.92. The minimum Gasteiger partial charge on any atom is -0.497 e. The molecule has 0 bridgehead atoms. The van der Waals surface area contributed by atoms with E-state index in [1.165, 1.54) is 14.2 Å². The van der Waals surface area contributed by atoms with Gasteiger partial charge in [-0.25, -0.2) is 0 Å². The number of nitrogens with zero attached hydrogens (tertiary/aromatic N) is 3. The van der Waals surface area contributed by atoms with Gasteiger partial charge >= 0.3 is 0 Å². The number of nitrogens with one attached hydrogen (secondary N) is 1. The molecule has 1 N–H and O–H groups in total. The highest BCUT2D eigenvalue weighted by Crippen LogP contribution is 2.27. The maximum Gasteiger partial charge on any atom is 0.279 e. The Morgan fingerprint density at radius 1 is 1.03 bits per heavy atom. The molecule has 2 aromatic carbocycles. The number of likely N-dealkylation sites (tertiary alicyclic amines) is 1. The number of ether oxygens (including phenoxy) is 2. The summed E-state index contributed by atoms with van der Waals surface area (Å²) in [6.45, 7) is 5.48. The molecule has 0 radical (unpaired) electrons. The SMILES string of the molecule is COc1ccc(-n2nc(C(=O)NCC(=O)N3C[C@@H](C)C[C@H](C)C3)c3ccccc3c2=O)c(OC)c1. The predicted octanol–water partition coefficient (Wildman–Crippen LogP) is 2.64. The first-order valence-corrected chi connectivity index (χ1v) is 11.6. The Bertz CT molecular complexity index is 1310. The van der Waals surface area contributed by atoms with E-state index in [1.54, 1.807) is 47.4 Å². The van der Waals surface area contributed by atoms with Crippen molar-refractivity contribution in [2.75, 3.05) is 33.9 Å². The lowest BCUT2D eigenvalue weighted by molar-refractivity contribution is -0.132. The lowest BCUT2D eigenvalue weighted by Crippen LogP contribution is -2.47. The molecular formula is C26H30N4O5. The minimum absolute atomic E-state index is 0.0475. The van der Waals surface area contributed by atoms with Crippen LogP contribution in [0.1, 0.15) is 30.8 Å². The van der Waals surface area contributed by atoms with Crippen LogP contribution in [0.2, 0.25) is 0 Å². The zero-order valence-electron chi connectivity index (χ0n) is 20.4. The van der Waals surface area contributed by atoms with Crippen LogP contribution < -0.4 is 20.3 Å². The van der Waals surface area contributed by atoms with Crippen LogP contribution in [0, 0.1) is 11.8 Å². The summed E-state index contributed by atoms with van der Waals surface area (Å²) >= 11 is 0. The standard InChI is InChI=1S/C26H30N4O5/c1-16-11-17(2)15-29(14-16)23(31)13-27-25(32)24-19-7-5-6-8-20(19)26(33)30(28-24)21-10-9-18(34-3)12-22(21)35-4/h5-10,12,16-17H,11,13-15H2,1-4H3,(H,27,32)/t16-,17-/m0/s1. The van der Waals surface area contributed by atoms with Crippen molar-refractivity contribution in [3.8, 4) is 17.2 Å². The molecule has 0 unspecified atom stereocenters. The highest BCUT2D eigenvalue weighted by atomic mass is 16.5. The smallest absolute Gasteiger partial charge is 0.279 e. The fourth-order valence-corrected chi connectivity index (χ4v) is 4.70. The van der Waals surface area contributed by atoms with Crippen LogP contribution in [0.3, 0.4) is 0 Å². The minimum atomic E-state index is -0.533. The van der Waals surface area contributed by atoms with Gasteiger partial charge in [0.25, 0.3) is 11.5 Å². The van der Waals surface area contributed by atoms with Crippen molar-refractivity contribution in [3.63, 3.8) is 0 Å². The third kappa shape index (κ3) is 4.99. The molecule has 1 aromatic heterocycles. The molecule has 1 aliphatic heterocycles. The molecular weight excluding hydrogens is 448 g/mol. The number of amides is 2. The van der Waals surface area contributed by atoms with Gasteiger partial charge in [0.2, 0.25) is 5.91 Å². The second-order valence-corrected chi connectivity index (χ2v) is 9.08. The number of methoxy groups -OCH3 is 2. The van der Waals surface area contributed by atoms with Crippen molar-refractivity contribution in [2.45, 2.75) is 20.3 Å².